The summed E-state index contributed by atoms with van der Waals surface area (Å²) in [7, 11) is 1.41. The maximum Gasteiger partial charge on any atom is 0.339 e. The predicted molar refractivity (Wildman–Crippen MR) is 134 cm³/mol. The summed E-state index contributed by atoms with van der Waals surface area (Å²) in [5, 5.41) is 10.2. The molecular formula is C28H26ClNO5. The lowest BCUT2D eigenvalue weighted by Crippen LogP contribution is -2.37. The number of anilines is 2. The summed E-state index contributed by atoms with van der Waals surface area (Å²) in [5.41, 5.74) is 2.51. The molecular weight excluding hydrogens is 466 g/mol. The Balaban J connectivity index is 1.66. The fourth-order valence-electron chi connectivity index (χ4n) is 5.06. The first kappa shape index (κ1) is 23.2. The van der Waals surface area contributed by atoms with Gasteiger partial charge in [-0.3, -0.25) is 9.69 Å². The highest BCUT2D eigenvalue weighted by Gasteiger charge is 2.50. The van der Waals surface area contributed by atoms with Crippen molar-refractivity contribution in [1.29, 1.82) is 0 Å². The van der Waals surface area contributed by atoms with Crippen LogP contribution in [0.25, 0.3) is 0 Å². The molecule has 1 N–H and O–H groups in total. The molecule has 2 heterocycles. The van der Waals surface area contributed by atoms with E-state index in [0.717, 1.165) is 35.3 Å². The van der Waals surface area contributed by atoms with Crippen LogP contribution in [0.2, 0.25) is 5.02 Å². The van der Waals surface area contributed by atoms with Crippen LogP contribution in [0, 0.1) is 0 Å². The van der Waals surface area contributed by atoms with Crippen LogP contribution in [-0.2, 0) is 16.6 Å². The van der Waals surface area contributed by atoms with Crippen molar-refractivity contribution in [3.05, 3.63) is 81.9 Å². The van der Waals surface area contributed by atoms with Crippen LogP contribution in [0.15, 0.2) is 54.6 Å². The Morgan fingerprint density at radius 1 is 1.09 bits per heavy atom. The number of carbonyl (C=O) groups is 2. The van der Waals surface area contributed by atoms with Crippen LogP contribution in [0.1, 0.15) is 54.2 Å². The van der Waals surface area contributed by atoms with Gasteiger partial charge in [-0.15, -0.1) is 0 Å². The number of nitrogens with zero attached hydrogens (tertiary/aromatic N) is 1. The molecule has 0 bridgehead atoms. The van der Waals surface area contributed by atoms with E-state index in [4.69, 9.17) is 21.1 Å². The lowest BCUT2D eigenvalue weighted by Gasteiger charge is -2.34. The van der Waals surface area contributed by atoms with Gasteiger partial charge in [-0.1, -0.05) is 23.7 Å². The molecule has 7 heteroatoms. The number of aryl methyl sites for hydroxylation is 1. The zero-order valence-corrected chi connectivity index (χ0v) is 20.8. The van der Waals surface area contributed by atoms with Crippen LogP contribution >= 0.6 is 11.6 Å². The van der Waals surface area contributed by atoms with Gasteiger partial charge in [-0.05, 0) is 92.8 Å². The third-order valence-electron chi connectivity index (χ3n) is 7.06. The maximum absolute atomic E-state index is 14.2. The second kappa shape index (κ2) is 8.02. The number of amides is 1. The van der Waals surface area contributed by atoms with Crippen molar-refractivity contribution in [2.75, 3.05) is 12.0 Å². The van der Waals surface area contributed by atoms with Gasteiger partial charge in [0.2, 0.25) is 5.91 Å². The fourth-order valence-corrected chi connectivity index (χ4v) is 5.23. The van der Waals surface area contributed by atoms with Crippen molar-refractivity contribution >= 4 is 34.9 Å². The van der Waals surface area contributed by atoms with Crippen LogP contribution in [-0.4, -0.2) is 29.7 Å². The van der Waals surface area contributed by atoms with E-state index >= 15 is 0 Å². The molecule has 35 heavy (non-hydrogen) atoms. The highest BCUT2D eigenvalue weighted by atomic mass is 35.5. The summed E-state index contributed by atoms with van der Waals surface area (Å²) < 4.78 is 11.3. The Morgan fingerprint density at radius 2 is 1.86 bits per heavy atom. The lowest BCUT2D eigenvalue weighted by molar-refractivity contribution is -0.120. The molecule has 0 radical (unpaired) electrons. The molecule has 0 fully saturated rings. The standard InChI is InChI=1S/C28H26ClNO5/c1-27(2)12-11-16-13-17(5-9-23(16)35-27)28(3)21-14-18(29)6-8-22(21)30(26(28)33)19-7-10-24(34-4)20(15-19)25(31)32/h5-10,13-15H,11-12H2,1-4H3,(H,31,32). The third-order valence-corrected chi connectivity index (χ3v) is 7.30. The first-order chi connectivity index (χ1) is 16.5. The molecule has 180 valence electrons. The van der Waals surface area contributed by atoms with E-state index in [1.54, 1.807) is 29.2 Å². The number of carboxylic acid groups (broad SMARTS) is 1. The zero-order chi connectivity index (χ0) is 25.1. The number of halogens is 1. The number of ether oxygens (including phenoxy) is 2. The molecule has 6 nitrogen and oxygen atoms in total. The summed E-state index contributed by atoms with van der Waals surface area (Å²) in [6.45, 7) is 6.03. The maximum atomic E-state index is 14.2. The van der Waals surface area contributed by atoms with E-state index < -0.39 is 11.4 Å². The molecule has 1 amide bonds. The Bertz CT molecular complexity index is 1380. The van der Waals surface area contributed by atoms with Gasteiger partial charge in [-0.2, -0.15) is 0 Å². The SMILES string of the molecule is COc1ccc(N2C(=O)C(C)(c3ccc4c(c3)CCC(C)(C)O4)c3cc(Cl)ccc32)cc1C(=O)O. The number of benzene rings is 3. The largest absolute Gasteiger partial charge is 0.496 e. The fraction of sp³-hybridized carbons (Fsp3) is 0.286. The number of hydrogen-bond acceptors (Lipinski definition) is 4. The summed E-state index contributed by atoms with van der Waals surface area (Å²) in [6, 6.07) is 16.0. The second-order valence-electron chi connectivity index (χ2n) is 9.80. The van der Waals surface area contributed by atoms with Crippen molar-refractivity contribution in [3.8, 4) is 11.5 Å². The molecule has 0 spiro atoms. The molecule has 2 aliphatic rings. The number of fused-ring (bicyclic) bond motifs is 2. The molecule has 5 rings (SSSR count). The Labute approximate surface area is 209 Å². The molecule has 3 aromatic carbocycles. The van der Waals surface area contributed by atoms with Gasteiger partial charge in [0.15, 0.2) is 0 Å². The van der Waals surface area contributed by atoms with Gasteiger partial charge in [0.05, 0.1) is 23.9 Å². The highest BCUT2D eigenvalue weighted by Crippen LogP contribution is 2.51. The summed E-state index contributed by atoms with van der Waals surface area (Å²) in [6.07, 6.45) is 1.74. The van der Waals surface area contributed by atoms with Crippen molar-refractivity contribution < 1.29 is 24.2 Å². The number of hydrogen-bond donors (Lipinski definition) is 1. The summed E-state index contributed by atoms with van der Waals surface area (Å²) >= 11 is 6.39. The highest BCUT2D eigenvalue weighted by molar-refractivity contribution is 6.31. The molecule has 0 saturated carbocycles. The Hall–Kier alpha value is -3.51. The second-order valence-corrected chi connectivity index (χ2v) is 10.2. The molecule has 0 saturated heterocycles. The number of carboxylic acids is 1. The lowest BCUT2D eigenvalue weighted by atomic mass is 9.76. The number of rotatable bonds is 4. The van der Waals surface area contributed by atoms with Gasteiger partial charge in [-0.25, -0.2) is 4.79 Å². The predicted octanol–water partition coefficient (Wildman–Crippen LogP) is 6.13. The molecule has 1 atom stereocenters. The summed E-state index contributed by atoms with van der Waals surface area (Å²) in [5.74, 6) is -0.256. The normalized spacial score (nSPS) is 20.1. The van der Waals surface area contributed by atoms with Crippen molar-refractivity contribution in [2.45, 2.75) is 44.6 Å². The van der Waals surface area contributed by atoms with Crippen LogP contribution < -0.4 is 14.4 Å². The van der Waals surface area contributed by atoms with Gasteiger partial charge >= 0.3 is 5.97 Å². The van der Waals surface area contributed by atoms with Gasteiger partial charge in [0.1, 0.15) is 22.7 Å². The van der Waals surface area contributed by atoms with Gasteiger partial charge in [0, 0.05) is 5.02 Å². The van der Waals surface area contributed by atoms with E-state index in [1.165, 1.54) is 13.2 Å². The third kappa shape index (κ3) is 3.64. The molecule has 1 unspecified atom stereocenters. The quantitative estimate of drug-likeness (QED) is 0.474. The molecule has 0 aromatic heterocycles. The van der Waals surface area contributed by atoms with E-state index in [1.807, 2.05) is 31.2 Å². The Kier molecular flexibility index (Phi) is 5.33. The monoisotopic (exact) mass is 491 g/mol. The van der Waals surface area contributed by atoms with E-state index in [2.05, 4.69) is 13.8 Å². The van der Waals surface area contributed by atoms with Gasteiger partial charge < -0.3 is 14.6 Å². The first-order valence-corrected chi connectivity index (χ1v) is 11.8. The molecule has 3 aromatic rings. The minimum Gasteiger partial charge on any atom is -0.496 e. The minimum absolute atomic E-state index is 0.0181. The average molecular weight is 492 g/mol. The van der Waals surface area contributed by atoms with Crippen molar-refractivity contribution in [1.82, 2.24) is 0 Å². The van der Waals surface area contributed by atoms with E-state index in [0.29, 0.717) is 16.4 Å². The smallest absolute Gasteiger partial charge is 0.339 e. The number of carbonyl (C=O) groups excluding carboxylic acids is 1. The van der Waals surface area contributed by atoms with Crippen molar-refractivity contribution in [2.24, 2.45) is 0 Å². The summed E-state index contributed by atoms with van der Waals surface area (Å²) in [4.78, 5) is 27.6. The van der Waals surface area contributed by atoms with Crippen LogP contribution in [0.3, 0.4) is 0 Å². The minimum atomic E-state index is -1.13. The van der Waals surface area contributed by atoms with Crippen molar-refractivity contribution in [3.63, 3.8) is 0 Å². The Morgan fingerprint density at radius 3 is 2.57 bits per heavy atom. The van der Waals surface area contributed by atoms with E-state index in [-0.39, 0.29) is 22.8 Å². The molecule has 0 aliphatic carbocycles. The topological polar surface area (TPSA) is 76.1 Å². The van der Waals surface area contributed by atoms with E-state index in [9.17, 15) is 14.7 Å². The first-order valence-electron chi connectivity index (χ1n) is 11.4. The zero-order valence-electron chi connectivity index (χ0n) is 20.0. The van der Waals surface area contributed by atoms with Crippen LogP contribution in [0.4, 0.5) is 11.4 Å². The van der Waals surface area contributed by atoms with Gasteiger partial charge in [0.25, 0.3) is 0 Å². The number of methoxy groups -OCH3 is 1. The van der Waals surface area contributed by atoms with Crippen LogP contribution in [0.5, 0.6) is 11.5 Å². The average Bonchev–Trinajstić information content (AvgIpc) is 3.05. The number of aromatic carboxylic acids is 1. The molecule has 2 aliphatic heterocycles.